The van der Waals surface area contributed by atoms with Crippen LogP contribution in [0.15, 0.2) is 54.8 Å². The quantitative estimate of drug-likeness (QED) is 0.178. The Hall–Kier alpha value is -4.24. The fraction of sp³-hybridized carbons (Fsp3) is 0.394. The van der Waals surface area contributed by atoms with E-state index in [-0.39, 0.29) is 28.9 Å². The fourth-order valence-electron chi connectivity index (χ4n) is 6.78. The molecule has 2 aromatic heterocycles. The molecule has 9 nitrogen and oxygen atoms in total. The summed E-state index contributed by atoms with van der Waals surface area (Å²) >= 11 is 0. The van der Waals surface area contributed by atoms with Gasteiger partial charge in [0.1, 0.15) is 22.8 Å². The van der Waals surface area contributed by atoms with Crippen LogP contribution in [0.4, 0.5) is 0 Å². The third-order valence-electron chi connectivity index (χ3n) is 8.76. The minimum atomic E-state index is -2.69. The first-order valence-electron chi connectivity index (χ1n) is 14.6. The summed E-state index contributed by atoms with van der Waals surface area (Å²) in [5, 5.41) is 23.6. The van der Waals surface area contributed by atoms with Gasteiger partial charge in [0.2, 0.25) is 5.60 Å². The van der Waals surface area contributed by atoms with E-state index in [1.807, 2.05) is 0 Å². The SMILES string of the molecule is CCCC(C(=O)Oc1cccc2oc(=O)c3c(c12)CCCC3)C(O)(C(=O)O)c1cccc2oc(=O)c3c(c12)CCCC3. The first-order valence-corrected chi connectivity index (χ1v) is 14.6. The van der Waals surface area contributed by atoms with Crippen molar-refractivity contribution in [2.24, 2.45) is 5.92 Å². The minimum absolute atomic E-state index is 0.00824. The van der Waals surface area contributed by atoms with E-state index in [0.717, 1.165) is 31.2 Å². The molecule has 2 aromatic carbocycles. The van der Waals surface area contributed by atoms with E-state index >= 15 is 0 Å². The van der Waals surface area contributed by atoms with E-state index in [2.05, 4.69) is 0 Å². The zero-order valence-electron chi connectivity index (χ0n) is 23.4. The van der Waals surface area contributed by atoms with E-state index in [0.29, 0.717) is 59.6 Å². The van der Waals surface area contributed by atoms with Gasteiger partial charge in [0.15, 0.2) is 0 Å². The molecule has 0 fully saturated rings. The van der Waals surface area contributed by atoms with Crippen molar-refractivity contribution in [1.29, 1.82) is 0 Å². The Morgan fingerprint density at radius 1 is 0.833 bits per heavy atom. The van der Waals surface area contributed by atoms with Crippen LogP contribution in [0, 0.1) is 5.92 Å². The molecule has 2 unspecified atom stereocenters. The maximum atomic E-state index is 14.0. The minimum Gasteiger partial charge on any atom is -0.479 e. The van der Waals surface area contributed by atoms with Gasteiger partial charge in [-0.05, 0) is 87.1 Å². The first-order chi connectivity index (χ1) is 20.3. The summed E-state index contributed by atoms with van der Waals surface area (Å²) in [5.41, 5.74) is -0.662. The number of carbonyl (C=O) groups is 2. The van der Waals surface area contributed by atoms with Gasteiger partial charge in [-0.15, -0.1) is 0 Å². The van der Waals surface area contributed by atoms with Gasteiger partial charge in [-0.3, -0.25) is 4.79 Å². The number of carbonyl (C=O) groups excluding carboxylic acids is 1. The van der Waals surface area contributed by atoms with Crippen LogP contribution < -0.4 is 16.0 Å². The first kappa shape index (κ1) is 27.9. The van der Waals surface area contributed by atoms with Crippen molar-refractivity contribution in [3.05, 3.63) is 85.1 Å². The predicted molar refractivity (Wildman–Crippen MR) is 154 cm³/mol. The highest BCUT2D eigenvalue weighted by molar-refractivity contribution is 5.97. The molecule has 2 aliphatic carbocycles. The van der Waals surface area contributed by atoms with Crippen molar-refractivity contribution >= 4 is 33.9 Å². The Bertz CT molecular complexity index is 1850. The molecule has 2 N–H and O–H groups in total. The summed E-state index contributed by atoms with van der Waals surface area (Å²) in [4.78, 5) is 52.3. The van der Waals surface area contributed by atoms with Crippen molar-refractivity contribution in [1.82, 2.24) is 0 Å². The molecule has 218 valence electrons. The van der Waals surface area contributed by atoms with Crippen LogP contribution in [0.5, 0.6) is 5.75 Å². The van der Waals surface area contributed by atoms with Crippen molar-refractivity contribution < 1.29 is 33.4 Å². The van der Waals surface area contributed by atoms with Gasteiger partial charge in [-0.25, -0.2) is 14.4 Å². The number of esters is 1. The molecule has 2 atom stereocenters. The normalized spacial score (nSPS) is 16.8. The molecule has 9 heteroatoms. The second-order valence-electron chi connectivity index (χ2n) is 11.2. The monoisotopic (exact) mass is 572 g/mol. The Labute approximate surface area is 240 Å². The molecule has 0 aliphatic heterocycles. The van der Waals surface area contributed by atoms with Gasteiger partial charge in [0.25, 0.3) is 0 Å². The lowest BCUT2D eigenvalue weighted by atomic mass is 9.75. The number of ether oxygens (including phenoxy) is 1. The van der Waals surface area contributed by atoms with Crippen LogP contribution in [0.25, 0.3) is 21.9 Å². The number of benzene rings is 2. The summed E-state index contributed by atoms with van der Waals surface area (Å²) in [6.07, 6.45) is 5.92. The summed E-state index contributed by atoms with van der Waals surface area (Å²) in [7, 11) is 0. The van der Waals surface area contributed by atoms with Crippen molar-refractivity contribution in [2.75, 3.05) is 0 Å². The highest BCUT2D eigenvalue weighted by Gasteiger charge is 2.51. The highest BCUT2D eigenvalue weighted by atomic mass is 16.5. The molecule has 0 saturated carbocycles. The van der Waals surface area contributed by atoms with E-state index in [9.17, 15) is 29.4 Å². The van der Waals surface area contributed by atoms with Crippen molar-refractivity contribution in [3.8, 4) is 5.75 Å². The lowest BCUT2D eigenvalue weighted by Crippen LogP contribution is -2.48. The van der Waals surface area contributed by atoms with Gasteiger partial charge in [0, 0.05) is 22.1 Å². The Morgan fingerprint density at radius 3 is 1.93 bits per heavy atom. The Kier molecular flexibility index (Phi) is 7.22. The molecule has 0 radical (unpaired) electrons. The maximum absolute atomic E-state index is 14.0. The molecular weight excluding hydrogens is 540 g/mol. The molecule has 6 rings (SSSR count). The summed E-state index contributed by atoms with van der Waals surface area (Å²) in [5.74, 6) is -3.89. The number of aliphatic hydroxyl groups is 1. The van der Waals surface area contributed by atoms with E-state index in [1.165, 1.54) is 12.1 Å². The van der Waals surface area contributed by atoms with Crippen LogP contribution >= 0.6 is 0 Å². The second-order valence-corrected chi connectivity index (χ2v) is 11.2. The Balaban J connectivity index is 1.50. The average Bonchev–Trinajstić information content (AvgIpc) is 2.99. The van der Waals surface area contributed by atoms with Crippen molar-refractivity contribution in [2.45, 2.75) is 76.7 Å². The smallest absolute Gasteiger partial charge is 0.341 e. The number of carboxylic acids is 1. The fourth-order valence-corrected chi connectivity index (χ4v) is 6.78. The van der Waals surface area contributed by atoms with Gasteiger partial charge >= 0.3 is 23.2 Å². The molecule has 0 saturated heterocycles. The van der Waals surface area contributed by atoms with E-state index in [1.54, 1.807) is 31.2 Å². The standard InChI is InChI=1S/C33H32O9/c1-2-9-23(31(36)42-26-17-8-16-25-28(26)19-11-4-6-13-21(19)30(35)41-25)33(39,32(37)38)22-14-7-15-24-27(22)18-10-3-5-12-20(18)29(34)40-24/h7-8,14-17,23,39H,2-6,9-13H2,1H3,(H,37,38). The number of rotatable bonds is 7. The zero-order chi connectivity index (χ0) is 29.6. The molecule has 0 spiro atoms. The van der Waals surface area contributed by atoms with Crippen LogP contribution in [-0.4, -0.2) is 22.2 Å². The molecule has 4 aromatic rings. The van der Waals surface area contributed by atoms with Gasteiger partial charge in [-0.1, -0.05) is 31.5 Å². The van der Waals surface area contributed by atoms with Gasteiger partial charge in [0.05, 0.1) is 5.39 Å². The molecule has 2 heterocycles. The lowest BCUT2D eigenvalue weighted by Gasteiger charge is -2.33. The molecule has 42 heavy (non-hydrogen) atoms. The lowest BCUT2D eigenvalue weighted by molar-refractivity contribution is -0.175. The van der Waals surface area contributed by atoms with Crippen LogP contribution in [0.3, 0.4) is 0 Å². The number of hydrogen-bond acceptors (Lipinski definition) is 8. The largest absolute Gasteiger partial charge is 0.479 e. The number of fused-ring (bicyclic) bond motifs is 6. The number of carboxylic acid groups (broad SMARTS) is 1. The average molecular weight is 573 g/mol. The Morgan fingerprint density at radius 2 is 1.36 bits per heavy atom. The maximum Gasteiger partial charge on any atom is 0.341 e. The molecule has 2 aliphatic rings. The van der Waals surface area contributed by atoms with E-state index in [4.69, 9.17) is 13.6 Å². The summed E-state index contributed by atoms with van der Waals surface area (Å²) < 4.78 is 17.0. The van der Waals surface area contributed by atoms with Crippen LogP contribution in [0.2, 0.25) is 0 Å². The third kappa shape index (κ3) is 4.43. The predicted octanol–water partition coefficient (Wildman–Crippen LogP) is 4.95. The third-order valence-corrected chi connectivity index (χ3v) is 8.76. The second kappa shape index (κ2) is 10.9. The molecule has 0 bridgehead atoms. The highest BCUT2D eigenvalue weighted by Crippen LogP contribution is 2.42. The van der Waals surface area contributed by atoms with Gasteiger partial charge < -0.3 is 23.8 Å². The molecular formula is C33H32O9. The summed E-state index contributed by atoms with van der Waals surface area (Å²) in [6.45, 7) is 1.79. The van der Waals surface area contributed by atoms with Crippen LogP contribution in [0.1, 0.15) is 73.3 Å². The zero-order valence-corrected chi connectivity index (χ0v) is 23.4. The van der Waals surface area contributed by atoms with Gasteiger partial charge in [-0.2, -0.15) is 0 Å². The number of aliphatic carboxylic acids is 1. The molecule has 0 amide bonds. The summed E-state index contributed by atoms with van der Waals surface area (Å²) in [6, 6.07) is 9.37. The topological polar surface area (TPSA) is 144 Å². The number of aryl methyl sites for hydroxylation is 2. The van der Waals surface area contributed by atoms with Crippen molar-refractivity contribution in [3.63, 3.8) is 0 Å². The number of hydrogen-bond donors (Lipinski definition) is 2. The van der Waals surface area contributed by atoms with E-state index < -0.39 is 34.7 Å². The van der Waals surface area contributed by atoms with Crippen LogP contribution in [-0.2, 0) is 40.9 Å².